The van der Waals surface area contributed by atoms with Crippen molar-refractivity contribution in [1.29, 1.82) is 0 Å². The number of anilines is 1. The third-order valence-electron chi connectivity index (χ3n) is 3.18. The lowest BCUT2D eigenvalue weighted by Gasteiger charge is -2.37. The van der Waals surface area contributed by atoms with Crippen LogP contribution in [-0.2, 0) is 9.53 Å². The van der Waals surface area contributed by atoms with Crippen LogP contribution in [0.3, 0.4) is 0 Å². The van der Waals surface area contributed by atoms with Crippen LogP contribution in [0, 0.1) is 0 Å². The van der Waals surface area contributed by atoms with E-state index < -0.39 is 11.9 Å². The number of primary amides is 1. The molecule has 7 heteroatoms. The summed E-state index contributed by atoms with van der Waals surface area (Å²) in [5.74, 6) is -1.36. The maximum Gasteiger partial charge on any atom is 0.305 e. The quantitative estimate of drug-likeness (QED) is 0.858. The molecule has 1 amide bonds. The molecule has 6 nitrogen and oxygen atoms in total. The Morgan fingerprint density at radius 3 is 2.85 bits per heavy atom. The average molecular weight is 343 g/mol. The number of hydrogen-bond acceptors (Lipinski definition) is 4. The number of carboxylic acid groups (broad SMARTS) is 1. The predicted molar refractivity (Wildman–Crippen MR) is 76.9 cm³/mol. The van der Waals surface area contributed by atoms with E-state index in [4.69, 9.17) is 15.6 Å². The zero-order valence-corrected chi connectivity index (χ0v) is 12.3. The first-order valence-corrected chi connectivity index (χ1v) is 6.94. The van der Waals surface area contributed by atoms with Gasteiger partial charge in [0, 0.05) is 16.6 Å². The summed E-state index contributed by atoms with van der Waals surface area (Å²) in [6.45, 7) is 1.52. The van der Waals surface area contributed by atoms with Gasteiger partial charge in [-0.3, -0.25) is 9.59 Å². The van der Waals surface area contributed by atoms with Gasteiger partial charge < -0.3 is 20.5 Å². The monoisotopic (exact) mass is 342 g/mol. The van der Waals surface area contributed by atoms with Crippen molar-refractivity contribution >= 4 is 33.5 Å². The van der Waals surface area contributed by atoms with E-state index in [0.717, 1.165) is 5.69 Å². The standard InChI is InChI=1S/C13H15BrN2O4/c14-10-5-8(13(15)19)1-2-11(10)16-3-4-20-7-9(16)6-12(17)18/h1-2,5,9H,3-4,6-7H2,(H2,15,19)(H,17,18). The molecule has 1 heterocycles. The Kier molecular flexibility index (Phi) is 4.61. The van der Waals surface area contributed by atoms with Crippen LogP contribution in [0.1, 0.15) is 16.8 Å². The highest BCUT2D eigenvalue weighted by Crippen LogP contribution is 2.30. The van der Waals surface area contributed by atoms with Crippen molar-refractivity contribution in [2.24, 2.45) is 5.73 Å². The highest BCUT2D eigenvalue weighted by molar-refractivity contribution is 9.10. The van der Waals surface area contributed by atoms with E-state index in [9.17, 15) is 9.59 Å². The third kappa shape index (κ3) is 3.29. The summed E-state index contributed by atoms with van der Waals surface area (Å²) in [5, 5.41) is 8.96. The molecule has 20 heavy (non-hydrogen) atoms. The van der Waals surface area contributed by atoms with E-state index in [1.807, 2.05) is 4.90 Å². The first-order chi connectivity index (χ1) is 9.49. The molecule has 0 radical (unpaired) electrons. The number of rotatable bonds is 4. The van der Waals surface area contributed by atoms with Gasteiger partial charge in [-0.25, -0.2) is 0 Å². The second-order valence-corrected chi connectivity index (χ2v) is 5.40. The predicted octanol–water partition coefficient (Wildman–Crippen LogP) is 1.23. The molecule has 0 aromatic heterocycles. The molecule has 1 fully saturated rings. The van der Waals surface area contributed by atoms with E-state index in [2.05, 4.69) is 15.9 Å². The van der Waals surface area contributed by atoms with E-state index in [1.165, 1.54) is 0 Å². The molecule has 1 aromatic carbocycles. The van der Waals surface area contributed by atoms with Gasteiger partial charge in [-0.1, -0.05) is 0 Å². The number of carboxylic acids is 1. The number of nitrogens with zero attached hydrogens (tertiary/aromatic N) is 1. The highest BCUT2D eigenvalue weighted by Gasteiger charge is 2.27. The van der Waals surface area contributed by atoms with Gasteiger partial charge in [0.2, 0.25) is 5.91 Å². The largest absolute Gasteiger partial charge is 0.481 e. The van der Waals surface area contributed by atoms with Crippen molar-refractivity contribution in [3.63, 3.8) is 0 Å². The second kappa shape index (κ2) is 6.23. The van der Waals surface area contributed by atoms with Gasteiger partial charge >= 0.3 is 5.97 Å². The summed E-state index contributed by atoms with van der Waals surface area (Å²) in [7, 11) is 0. The number of aliphatic carboxylic acids is 1. The fourth-order valence-electron chi connectivity index (χ4n) is 2.24. The number of benzene rings is 1. The Labute approximate surface area is 124 Å². The van der Waals surface area contributed by atoms with Gasteiger partial charge in [-0.05, 0) is 34.1 Å². The minimum atomic E-state index is -0.865. The summed E-state index contributed by atoms with van der Waals surface area (Å²) in [6.07, 6.45) is 0.00398. The first-order valence-electron chi connectivity index (χ1n) is 6.14. The molecule has 3 N–H and O–H groups in total. The van der Waals surface area contributed by atoms with Crippen LogP contribution in [0.15, 0.2) is 22.7 Å². The van der Waals surface area contributed by atoms with Crippen LogP contribution in [0.2, 0.25) is 0 Å². The minimum Gasteiger partial charge on any atom is -0.481 e. The van der Waals surface area contributed by atoms with Crippen molar-refractivity contribution < 1.29 is 19.4 Å². The molecule has 0 aliphatic carbocycles. The van der Waals surface area contributed by atoms with Gasteiger partial charge in [-0.2, -0.15) is 0 Å². The normalized spacial score (nSPS) is 18.9. The van der Waals surface area contributed by atoms with E-state index in [-0.39, 0.29) is 12.5 Å². The van der Waals surface area contributed by atoms with Crippen LogP contribution in [0.4, 0.5) is 5.69 Å². The number of hydrogen-bond donors (Lipinski definition) is 2. The Bertz CT molecular complexity index is 535. The van der Waals surface area contributed by atoms with Crippen molar-refractivity contribution in [2.75, 3.05) is 24.7 Å². The third-order valence-corrected chi connectivity index (χ3v) is 3.81. The van der Waals surface area contributed by atoms with E-state index in [0.29, 0.717) is 29.8 Å². The molecule has 1 unspecified atom stereocenters. The SMILES string of the molecule is NC(=O)c1ccc(N2CCOCC2CC(=O)O)c(Br)c1. The molecule has 1 aliphatic heterocycles. The fraction of sp³-hybridized carbons (Fsp3) is 0.385. The van der Waals surface area contributed by atoms with Gasteiger partial charge in [0.15, 0.2) is 0 Å². The van der Waals surface area contributed by atoms with Crippen LogP contribution >= 0.6 is 15.9 Å². The molecule has 1 aliphatic rings. The van der Waals surface area contributed by atoms with E-state index in [1.54, 1.807) is 18.2 Å². The Morgan fingerprint density at radius 2 is 2.25 bits per heavy atom. The second-order valence-electron chi connectivity index (χ2n) is 4.55. The Balaban J connectivity index is 2.27. The number of carbonyl (C=O) groups is 2. The van der Waals surface area contributed by atoms with E-state index >= 15 is 0 Å². The smallest absolute Gasteiger partial charge is 0.305 e. The molecule has 108 valence electrons. The molecule has 1 aromatic rings. The van der Waals surface area contributed by atoms with Gasteiger partial charge in [0.05, 0.1) is 31.4 Å². The fourth-order valence-corrected chi connectivity index (χ4v) is 2.84. The number of amides is 1. The lowest BCUT2D eigenvalue weighted by atomic mass is 10.1. The Hall–Kier alpha value is -1.60. The van der Waals surface area contributed by atoms with Crippen LogP contribution in [-0.4, -0.2) is 42.8 Å². The molecule has 0 bridgehead atoms. The number of nitrogens with two attached hydrogens (primary N) is 1. The number of halogens is 1. The topological polar surface area (TPSA) is 92.9 Å². The maximum absolute atomic E-state index is 11.1. The van der Waals surface area contributed by atoms with Crippen LogP contribution in [0.25, 0.3) is 0 Å². The molecular formula is C13H15BrN2O4. The van der Waals surface area contributed by atoms with Crippen molar-refractivity contribution in [3.8, 4) is 0 Å². The molecule has 2 rings (SSSR count). The molecule has 1 saturated heterocycles. The number of morpholine rings is 1. The van der Waals surface area contributed by atoms with Gasteiger partial charge in [0.1, 0.15) is 0 Å². The summed E-state index contributed by atoms with van der Waals surface area (Å²) in [6, 6.07) is 4.82. The van der Waals surface area contributed by atoms with Crippen molar-refractivity contribution in [1.82, 2.24) is 0 Å². The van der Waals surface area contributed by atoms with Crippen molar-refractivity contribution in [3.05, 3.63) is 28.2 Å². The minimum absolute atomic E-state index is 0.00398. The zero-order valence-electron chi connectivity index (χ0n) is 10.7. The zero-order chi connectivity index (χ0) is 14.7. The van der Waals surface area contributed by atoms with Crippen LogP contribution in [0.5, 0.6) is 0 Å². The summed E-state index contributed by atoms with van der Waals surface area (Å²) in [4.78, 5) is 24.0. The summed E-state index contributed by atoms with van der Waals surface area (Å²) in [5.41, 5.74) is 6.48. The lowest BCUT2D eigenvalue weighted by molar-refractivity contribution is -0.138. The van der Waals surface area contributed by atoms with Gasteiger partial charge in [-0.15, -0.1) is 0 Å². The number of ether oxygens (including phenoxy) is 1. The summed E-state index contributed by atoms with van der Waals surface area (Å²) < 4.78 is 6.06. The average Bonchev–Trinajstić information content (AvgIpc) is 2.39. The Morgan fingerprint density at radius 1 is 1.50 bits per heavy atom. The maximum atomic E-state index is 11.1. The highest BCUT2D eigenvalue weighted by atomic mass is 79.9. The summed E-state index contributed by atoms with van der Waals surface area (Å²) >= 11 is 3.41. The molecule has 1 atom stereocenters. The first kappa shape index (κ1) is 14.8. The molecule has 0 saturated carbocycles. The molecule has 0 spiro atoms. The lowest BCUT2D eigenvalue weighted by Crippen LogP contribution is -2.46. The van der Waals surface area contributed by atoms with Crippen molar-refractivity contribution in [2.45, 2.75) is 12.5 Å². The van der Waals surface area contributed by atoms with Gasteiger partial charge in [0.25, 0.3) is 0 Å². The molecular weight excluding hydrogens is 328 g/mol. The van der Waals surface area contributed by atoms with Crippen LogP contribution < -0.4 is 10.6 Å². The number of carbonyl (C=O) groups excluding carboxylic acids is 1.